The summed E-state index contributed by atoms with van der Waals surface area (Å²) in [7, 11) is 0. The summed E-state index contributed by atoms with van der Waals surface area (Å²) < 4.78 is 39.9. The largest absolute Gasteiger partial charge is 0.573 e. The molecule has 0 aromatic heterocycles. The lowest BCUT2D eigenvalue weighted by Gasteiger charge is -2.19. The minimum absolute atomic E-state index is 0.184. The minimum Gasteiger partial charge on any atom is -0.406 e. The molecule has 1 aromatic carbocycles. The van der Waals surface area contributed by atoms with Crippen LogP contribution in [0.1, 0.15) is 20.3 Å². The third-order valence-corrected chi connectivity index (χ3v) is 3.30. The Morgan fingerprint density at radius 3 is 2.24 bits per heavy atom. The van der Waals surface area contributed by atoms with Gasteiger partial charge >= 0.3 is 12.4 Å². The van der Waals surface area contributed by atoms with Gasteiger partial charge < -0.3 is 10.1 Å². The predicted molar refractivity (Wildman–Crippen MR) is 67.8 cm³/mol. The van der Waals surface area contributed by atoms with E-state index >= 15 is 0 Å². The molecule has 3 amide bonds. The molecule has 0 bridgehead atoms. The monoisotopic (exact) mass is 302 g/mol. The topological polar surface area (TPSA) is 58.6 Å². The summed E-state index contributed by atoms with van der Waals surface area (Å²) in [6.07, 6.45) is -4.38. The van der Waals surface area contributed by atoms with Crippen LogP contribution in [0.5, 0.6) is 5.75 Å². The van der Waals surface area contributed by atoms with Crippen LogP contribution in [0, 0.1) is 0 Å². The summed E-state index contributed by atoms with van der Waals surface area (Å²) >= 11 is 0. The van der Waals surface area contributed by atoms with E-state index in [4.69, 9.17) is 0 Å². The van der Waals surface area contributed by atoms with Gasteiger partial charge in [0.05, 0.1) is 5.69 Å². The normalized spacial score (nSPS) is 22.4. The highest BCUT2D eigenvalue weighted by Gasteiger charge is 2.47. The van der Waals surface area contributed by atoms with E-state index in [1.54, 1.807) is 13.8 Å². The van der Waals surface area contributed by atoms with Gasteiger partial charge in [-0.2, -0.15) is 0 Å². The fourth-order valence-electron chi connectivity index (χ4n) is 1.96. The molecule has 1 aromatic rings. The number of hydrogen-bond acceptors (Lipinski definition) is 3. The van der Waals surface area contributed by atoms with E-state index in [1.165, 1.54) is 12.1 Å². The second-order valence-electron chi connectivity index (χ2n) is 4.80. The van der Waals surface area contributed by atoms with Crippen LogP contribution < -0.4 is 15.0 Å². The summed E-state index contributed by atoms with van der Waals surface area (Å²) in [5.41, 5.74) is -0.817. The summed E-state index contributed by atoms with van der Waals surface area (Å²) in [6, 6.07) is 3.93. The van der Waals surface area contributed by atoms with E-state index in [0.29, 0.717) is 6.42 Å². The lowest BCUT2D eigenvalue weighted by molar-refractivity contribution is -0.274. The summed E-state index contributed by atoms with van der Waals surface area (Å²) in [6.45, 7) is 3.34. The van der Waals surface area contributed by atoms with Crippen molar-refractivity contribution in [2.24, 2.45) is 0 Å². The Bertz CT molecular complexity index is 571. The SMILES string of the molecule is CCC1(C)NC(=O)N(c2ccc(OC(F)(F)F)cc2)C1=O. The van der Waals surface area contributed by atoms with Crippen LogP contribution in [-0.2, 0) is 4.79 Å². The average molecular weight is 302 g/mol. The minimum atomic E-state index is -4.79. The molecule has 2 rings (SSSR count). The number of halogens is 3. The van der Waals surface area contributed by atoms with Crippen molar-refractivity contribution in [3.63, 3.8) is 0 Å². The van der Waals surface area contributed by atoms with Crippen LogP contribution in [0.3, 0.4) is 0 Å². The number of nitrogens with one attached hydrogen (secondary N) is 1. The van der Waals surface area contributed by atoms with Crippen molar-refractivity contribution in [2.45, 2.75) is 32.2 Å². The maximum absolute atomic E-state index is 12.2. The van der Waals surface area contributed by atoms with Gasteiger partial charge in [0.15, 0.2) is 0 Å². The Morgan fingerprint density at radius 2 is 1.81 bits per heavy atom. The highest BCUT2D eigenvalue weighted by molar-refractivity contribution is 6.23. The van der Waals surface area contributed by atoms with E-state index in [2.05, 4.69) is 10.1 Å². The summed E-state index contributed by atoms with van der Waals surface area (Å²) in [4.78, 5) is 25.0. The Labute approximate surface area is 118 Å². The predicted octanol–water partition coefficient (Wildman–Crippen LogP) is 2.81. The van der Waals surface area contributed by atoms with E-state index in [-0.39, 0.29) is 5.69 Å². The fourth-order valence-corrected chi connectivity index (χ4v) is 1.96. The maximum Gasteiger partial charge on any atom is 0.573 e. The Balaban J connectivity index is 2.23. The maximum atomic E-state index is 12.2. The van der Waals surface area contributed by atoms with Crippen LogP contribution in [0.15, 0.2) is 24.3 Å². The van der Waals surface area contributed by atoms with E-state index in [9.17, 15) is 22.8 Å². The molecule has 5 nitrogen and oxygen atoms in total. The molecule has 0 aliphatic carbocycles. The zero-order valence-electron chi connectivity index (χ0n) is 11.3. The number of benzene rings is 1. The molecule has 1 heterocycles. The molecule has 1 fully saturated rings. The molecular formula is C13H13F3N2O3. The molecule has 1 saturated heterocycles. The molecule has 1 atom stereocenters. The number of rotatable bonds is 3. The number of ether oxygens (including phenoxy) is 1. The molecule has 0 saturated carbocycles. The van der Waals surface area contributed by atoms with Gasteiger partial charge in [0.1, 0.15) is 11.3 Å². The van der Waals surface area contributed by atoms with Crippen LogP contribution >= 0.6 is 0 Å². The van der Waals surface area contributed by atoms with Gasteiger partial charge in [-0.3, -0.25) is 4.79 Å². The Hall–Kier alpha value is -2.25. The number of urea groups is 1. The van der Waals surface area contributed by atoms with Crippen molar-refractivity contribution < 1.29 is 27.5 Å². The van der Waals surface area contributed by atoms with Crippen molar-refractivity contribution in [3.05, 3.63) is 24.3 Å². The number of carbonyl (C=O) groups is 2. The van der Waals surface area contributed by atoms with Crippen LogP contribution in [0.25, 0.3) is 0 Å². The van der Waals surface area contributed by atoms with E-state index in [0.717, 1.165) is 17.0 Å². The second-order valence-corrected chi connectivity index (χ2v) is 4.80. The molecular weight excluding hydrogens is 289 g/mol. The molecule has 21 heavy (non-hydrogen) atoms. The standard InChI is InChI=1S/C13H13F3N2O3/c1-3-12(2)10(19)18(11(20)17-12)8-4-6-9(7-5-8)21-13(14,15)16/h4-7H,3H2,1-2H3,(H,17,20). The molecule has 1 N–H and O–H groups in total. The molecule has 1 aliphatic rings. The Morgan fingerprint density at radius 1 is 1.24 bits per heavy atom. The lowest BCUT2D eigenvalue weighted by atomic mass is 9.99. The first-order valence-electron chi connectivity index (χ1n) is 6.19. The summed E-state index contributed by atoms with van der Waals surface area (Å²) in [5, 5.41) is 2.56. The molecule has 0 spiro atoms. The van der Waals surface area contributed by atoms with Gasteiger partial charge in [-0.15, -0.1) is 13.2 Å². The number of anilines is 1. The van der Waals surface area contributed by atoms with Gasteiger partial charge in [-0.1, -0.05) is 6.92 Å². The van der Waals surface area contributed by atoms with Gasteiger partial charge in [0, 0.05) is 0 Å². The quantitative estimate of drug-likeness (QED) is 0.873. The zero-order valence-corrected chi connectivity index (χ0v) is 11.3. The van der Waals surface area contributed by atoms with Crippen molar-refractivity contribution in [2.75, 3.05) is 4.90 Å². The van der Waals surface area contributed by atoms with Crippen molar-refractivity contribution in [1.29, 1.82) is 0 Å². The van der Waals surface area contributed by atoms with Crippen molar-refractivity contribution in [3.8, 4) is 5.75 Å². The third kappa shape index (κ3) is 2.93. The van der Waals surface area contributed by atoms with Gasteiger partial charge in [-0.05, 0) is 37.6 Å². The summed E-state index contributed by atoms with van der Waals surface area (Å²) in [5.74, 6) is -0.865. The van der Waals surface area contributed by atoms with Crippen molar-refractivity contribution >= 4 is 17.6 Å². The molecule has 114 valence electrons. The van der Waals surface area contributed by atoms with Crippen LogP contribution in [0.4, 0.5) is 23.7 Å². The second kappa shape index (κ2) is 4.94. The van der Waals surface area contributed by atoms with Gasteiger partial charge in [-0.25, -0.2) is 9.69 Å². The highest BCUT2D eigenvalue weighted by Crippen LogP contribution is 2.29. The molecule has 8 heteroatoms. The lowest BCUT2D eigenvalue weighted by Crippen LogP contribution is -2.43. The molecule has 1 unspecified atom stereocenters. The fraction of sp³-hybridized carbons (Fsp3) is 0.385. The number of carbonyl (C=O) groups excluding carboxylic acids is 2. The Kier molecular flexibility index (Phi) is 3.56. The molecule has 0 radical (unpaired) electrons. The first-order valence-corrected chi connectivity index (χ1v) is 6.19. The van der Waals surface area contributed by atoms with Crippen molar-refractivity contribution in [1.82, 2.24) is 5.32 Å². The number of alkyl halides is 3. The zero-order chi connectivity index (χ0) is 15.8. The van der Waals surface area contributed by atoms with Crippen LogP contribution in [-0.4, -0.2) is 23.8 Å². The van der Waals surface area contributed by atoms with Gasteiger partial charge in [0.25, 0.3) is 5.91 Å². The number of amides is 3. The van der Waals surface area contributed by atoms with E-state index in [1.807, 2.05) is 0 Å². The smallest absolute Gasteiger partial charge is 0.406 e. The first-order chi connectivity index (χ1) is 9.66. The van der Waals surface area contributed by atoms with E-state index < -0.39 is 29.6 Å². The average Bonchev–Trinajstić information content (AvgIpc) is 2.60. The van der Waals surface area contributed by atoms with Crippen LogP contribution in [0.2, 0.25) is 0 Å². The third-order valence-electron chi connectivity index (χ3n) is 3.30. The highest BCUT2D eigenvalue weighted by atomic mass is 19.4. The number of nitrogens with zero attached hydrogens (tertiary/aromatic N) is 1. The first kappa shape index (κ1) is 15.1. The molecule has 1 aliphatic heterocycles. The number of hydrogen-bond donors (Lipinski definition) is 1. The van der Waals surface area contributed by atoms with Gasteiger partial charge in [0.2, 0.25) is 0 Å². The number of imide groups is 1.